The fourth-order valence-electron chi connectivity index (χ4n) is 4.13. The van der Waals surface area contributed by atoms with Crippen molar-refractivity contribution in [3.63, 3.8) is 0 Å². The first-order valence-corrected chi connectivity index (χ1v) is 9.98. The molecule has 3 aromatic carbocycles. The number of fused-ring (bicyclic) bond motifs is 3. The van der Waals surface area contributed by atoms with Crippen molar-refractivity contribution < 1.29 is 10.2 Å². The highest BCUT2D eigenvalue weighted by atomic mass is 16.3. The molecule has 0 unspecified atom stereocenters. The van der Waals surface area contributed by atoms with E-state index in [4.69, 9.17) is 4.98 Å². The van der Waals surface area contributed by atoms with Crippen molar-refractivity contribution in [2.24, 2.45) is 7.05 Å². The molecule has 0 aliphatic rings. The predicted octanol–water partition coefficient (Wildman–Crippen LogP) is 4.78. The molecule has 0 spiro atoms. The topological polar surface area (TPSA) is 91.1 Å². The smallest absolute Gasteiger partial charge is 0.257 e. The summed E-state index contributed by atoms with van der Waals surface area (Å²) in [5, 5.41) is 22.7. The van der Waals surface area contributed by atoms with Crippen LogP contribution in [0.2, 0.25) is 0 Å². The third kappa shape index (κ3) is 2.72. The summed E-state index contributed by atoms with van der Waals surface area (Å²) < 4.78 is 1.46. The Bertz CT molecular complexity index is 1530. The minimum absolute atomic E-state index is 0.0159. The number of nitrogens with zero attached hydrogens (tertiary/aromatic N) is 2. The van der Waals surface area contributed by atoms with Gasteiger partial charge in [-0.2, -0.15) is 0 Å². The Morgan fingerprint density at radius 3 is 2.26 bits per heavy atom. The number of hydrogen-bond acceptors (Lipinski definition) is 4. The van der Waals surface area contributed by atoms with Gasteiger partial charge in [-0.15, -0.1) is 0 Å². The van der Waals surface area contributed by atoms with Crippen molar-refractivity contribution in [3.8, 4) is 34.0 Å². The fraction of sp³-hybridized carbons (Fsp3) is 0.120. The Morgan fingerprint density at radius 2 is 1.58 bits per heavy atom. The van der Waals surface area contributed by atoms with Crippen LogP contribution in [0, 0.1) is 13.8 Å². The maximum Gasteiger partial charge on any atom is 0.257 e. The van der Waals surface area contributed by atoms with Crippen LogP contribution in [-0.4, -0.2) is 24.7 Å². The number of aryl methyl sites for hydroxylation is 2. The van der Waals surface area contributed by atoms with Gasteiger partial charge in [0.15, 0.2) is 5.75 Å². The van der Waals surface area contributed by atoms with Crippen LogP contribution < -0.4 is 5.56 Å². The quantitative estimate of drug-likeness (QED) is 0.390. The molecule has 5 aromatic rings. The zero-order valence-electron chi connectivity index (χ0n) is 17.4. The van der Waals surface area contributed by atoms with Crippen molar-refractivity contribution in [2.45, 2.75) is 13.8 Å². The van der Waals surface area contributed by atoms with Crippen LogP contribution >= 0.6 is 0 Å². The first kappa shape index (κ1) is 18.9. The van der Waals surface area contributed by atoms with Crippen molar-refractivity contribution in [3.05, 3.63) is 76.1 Å². The molecule has 2 aromatic heterocycles. The summed E-state index contributed by atoms with van der Waals surface area (Å²) in [6.07, 6.45) is 0. The number of aromatic nitrogens is 3. The second-order valence-corrected chi connectivity index (χ2v) is 7.83. The number of imidazole rings is 1. The number of rotatable bonds is 2. The van der Waals surface area contributed by atoms with Crippen LogP contribution in [0.4, 0.5) is 0 Å². The molecule has 6 nitrogen and oxygen atoms in total. The number of benzene rings is 3. The molecule has 6 heteroatoms. The number of hydrogen-bond donors (Lipinski definition) is 3. The van der Waals surface area contributed by atoms with Crippen molar-refractivity contribution in [2.75, 3.05) is 0 Å². The van der Waals surface area contributed by atoms with Crippen LogP contribution in [0.15, 0.2) is 59.4 Å². The van der Waals surface area contributed by atoms with Crippen LogP contribution in [0.5, 0.6) is 11.5 Å². The molecule has 0 saturated carbocycles. The Hall–Kier alpha value is -4.06. The Kier molecular flexibility index (Phi) is 4.12. The maximum absolute atomic E-state index is 12.8. The van der Waals surface area contributed by atoms with Gasteiger partial charge in [0.2, 0.25) is 0 Å². The summed E-state index contributed by atoms with van der Waals surface area (Å²) in [4.78, 5) is 20.7. The summed E-state index contributed by atoms with van der Waals surface area (Å²) in [6.45, 7) is 3.60. The molecule has 0 amide bonds. The highest BCUT2D eigenvalue weighted by Gasteiger charge is 2.25. The van der Waals surface area contributed by atoms with Crippen molar-refractivity contribution in [1.29, 1.82) is 0 Å². The molecule has 0 saturated heterocycles. The average molecular weight is 411 g/mol. The molecule has 3 N–H and O–H groups in total. The van der Waals surface area contributed by atoms with Gasteiger partial charge >= 0.3 is 0 Å². The van der Waals surface area contributed by atoms with Gasteiger partial charge in [-0.3, -0.25) is 4.79 Å². The van der Waals surface area contributed by atoms with E-state index in [1.54, 1.807) is 14.0 Å². The van der Waals surface area contributed by atoms with Gasteiger partial charge in [-0.05, 0) is 19.4 Å². The van der Waals surface area contributed by atoms with Crippen LogP contribution in [0.1, 0.15) is 11.1 Å². The molecule has 154 valence electrons. The minimum Gasteiger partial charge on any atom is -0.507 e. The summed E-state index contributed by atoms with van der Waals surface area (Å²) in [7, 11) is 1.64. The first-order chi connectivity index (χ1) is 14.9. The zero-order chi connectivity index (χ0) is 21.9. The molecular formula is C25H21N3O3. The van der Waals surface area contributed by atoms with E-state index in [9.17, 15) is 15.0 Å². The van der Waals surface area contributed by atoms with E-state index in [1.165, 1.54) is 4.57 Å². The number of H-pyrrole nitrogens is 1. The molecular weight excluding hydrogens is 390 g/mol. The van der Waals surface area contributed by atoms with Crippen LogP contribution in [0.25, 0.3) is 44.5 Å². The zero-order valence-corrected chi connectivity index (χ0v) is 17.4. The van der Waals surface area contributed by atoms with Gasteiger partial charge in [0.25, 0.3) is 5.56 Å². The Balaban J connectivity index is 2.00. The van der Waals surface area contributed by atoms with Crippen LogP contribution in [-0.2, 0) is 7.05 Å². The molecule has 2 heterocycles. The number of phenolic OH excluding ortho intramolecular Hbond substituents is 1. The van der Waals surface area contributed by atoms with E-state index in [0.717, 1.165) is 16.7 Å². The van der Waals surface area contributed by atoms with E-state index in [-0.39, 0.29) is 22.6 Å². The molecule has 0 bridgehead atoms. The second kappa shape index (κ2) is 6.74. The lowest BCUT2D eigenvalue weighted by Crippen LogP contribution is -2.20. The van der Waals surface area contributed by atoms with E-state index < -0.39 is 0 Å². The normalized spacial score (nSPS) is 11.5. The van der Waals surface area contributed by atoms with Crippen LogP contribution in [0.3, 0.4) is 0 Å². The van der Waals surface area contributed by atoms with E-state index in [1.807, 2.05) is 61.5 Å². The lowest BCUT2D eigenvalue weighted by molar-refractivity contribution is 0.474. The lowest BCUT2D eigenvalue weighted by Gasteiger charge is -2.16. The number of nitrogens with one attached hydrogen (secondary N) is 1. The third-order valence-electron chi connectivity index (χ3n) is 5.83. The molecule has 0 atom stereocenters. The molecule has 5 rings (SSSR count). The number of aromatic hydroxyl groups is 2. The summed E-state index contributed by atoms with van der Waals surface area (Å²) in [6, 6.07) is 17.2. The summed E-state index contributed by atoms with van der Waals surface area (Å²) in [5.74, 6) is 0.433. The van der Waals surface area contributed by atoms with E-state index in [0.29, 0.717) is 33.3 Å². The summed E-state index contributed by atoms with van der Waals surface area (Å²) in [5.41, 5.74) is 4.37. The largest absolute Gasteiger partial charge is 0.507 e. The first-order valence-electron chi connectivity index (χ1n) is 9.98. The standard InChI is InChI=1S/C25H21N3O3/c1-13-9-11-16(12-10-13)24-26-19-18-21(28(3)25(31)14(2)22(18)29)17(23(30)20(19)27-24)15-7-5-4-6-8-15/h4-12,29-30H,1-3H3,(H,26,27). The highest BCUT2D eigenvalue weighted by Crippen LogP contribution is 2.45. The SMILES string of the molecule is Cc1ccc(-c2nc3c([nH]2)c(O)c(-c2ccccc2)c2c3c(O)c(C)c(=O)n2C)cc1. The van der Waals surface area contributed by atoms with Gasteiger partial charge < -0.3 is 19.8 Å². The highest BCUT2D eigenvalue weighted by molar-refractivity contribution is 6.16. The monoisotopic (exact) mass is 411 g/mol. The molecule has 0 radical (unpaired) electrons. The predicted molar refractivity (Wildman–Crippen MR) is 123 cm³/mol. The Labute approximate surface area is 178 Å². The van der Waals surface area contributed by atoms with Gasteiger partial charge in [0.1, 0.15) is 22.6 Å². The van der Waals surface area contributed by atoms with Gasteiger partial charge in [0.05, 0.1) is 22.0 Å². The van der Waals surface area contributed by atoms with E-state index >= 15 is 0 Å². The maximum atomic E-state index is 12.8. The molecule has 31 heavy (non-hydrogen) atoms. The fourth-order valence-corrected chi connectivity index (χ4v) is 4.13. The van der Waals surface area contributed by atoms with E-state index in [2.05, 4.69) is 4.98 Å². The minimum atomic E-state index is -0.324. The second-order valence-electron chi connectivity index (χ2n) is 7.83. The molecule has 0 fully saturated rings. The summed E-state index contributed by atoms with van der Waals surface area (Å²) >= 11 is 0. The lowest BCUT2D eigenvalue weighted by atomic mass is 9.97. The average Bonchev–Trinajstić information content (AvgIpc) is 3.23. The van der Waals surface area contributed by atoms with Crippen molar-refractivity contribution >= 4 is 21.9 Å². The van der Waals surface area contributed by atoms with Gasteiger partial charge in [-0.25, -0.2) is 4.98 Å². The van der Waals surface area contributed by atoms with Gasteiger partial charge in [-0.1, -0.05) is 60.2 Å². The Morgan fingerprint density at radius 1 is 0.903 bits per heavy atom. The molecule has 0 aliphatic heterocycles. The number of aromatic amines is 1. The number of pyridine rings is 1. The number of phenols is 1. The molecule has 0 aliphatic carbocycles. The van der Waals surface area contributed by atoms with Gasteiger partial charge in [0, 0.05) is 12.6 Å². The van der Waals surface area contributed by atoms with Crippen molar-refractivity contribution in [1.82, 2.24) is 14.5 Å². The third-order valence-corrected chi connectivity index (χ3v) is 5.83.